The van der Waals surface area contributed by atoms with Crippen molar-refractivity contribution < 1.29 is 4.74 Å². The SMILES string of the molecule is C=C(C)CN[C@H](C)c1cccc(OC)c1. The van der Waals surface area contributed by atoms with Gasteiger partial charge in [-0.05, 0) is 31.5 Å². The molecule has 15 heavy (non-hydrogen) atoms. The Hall–Kier alpha value is -1.28. The van der Waals surface area contributed by atoms with E-state index in [2.05, 4.69) is 31.0 Å². The fourth-order valence-electron chi connectivity index (χ4n) is 1.36. The molecule has 0 radical (unpaired) electrons. The average Bonchev–Trinajstić information content (AvgIpc) is 2.26. The first kappa shape index (κ1) is 11.8. The van der Waals surface area contributed by atoms with E-state index in [9.17, 15) is 0 Å². The van der Waals surface area contributed by atoms with Crippen LogP contribution in [0.15, 0.2) is 36.4 Å². The number of benzene rings is 1. The van der Waals surface area contributed by atoms with E-state index in [-0.39, 0.29) is 0 Å². The van der Waals surface area contributed by atoms with Gasteiger partial charge >= 0.3 is 0 Å². The Bertz CT molecular complexity index is 333. The van der Waals surface area contributed by atoms with Gasteiger partial charge in [0.2, 0.25) is 0 Å². The highest BCUT2D eigenvalue weighted by Crippen LogP contribution is 2.18. The maximum atomic E-state index is 5.19. The monoisotopic (exact) mass is 205 g/mol. The van der Waals surface area contributed by atoms with E-state index in [0.29, 0.717) is 6.04 Å². The van der Waals surface area contributed by atoms with Gasteiger partial charge in [-0.2, -0.15) is 0 Å². The summed E-state index contributed by atoms with van der Waals surface area (Å²) in [6, 6.07) is 8.42. The molecule has 2 nitrogen and oxygen atoms in total. The molecule has 1 atom stereocenters. The van der Waals surface area contributed by atoms with Crippen LogP contribution in [0, 0.1) is 0 Å². The van der Waals surface area contributed by atoms with Gasteiger partial charge in [-0.25, -0.2) is 0 Å². The summed E-state index contributed by atoms with van der Waals surface area (Å²) < 4.78 is 5.19. The molecule has 1 N–H and O–H groups in total. The Morgan fingerprint density at radius 2 is 2.27 bits per heavy atom. The van der Waals surface area contributed by atoms with E-state index in [1.54, 1.807) is 7.11 Å². The third-order valence-electron chi connectivity index (χ3n) is 2.30. The summed E-state index contributed by atoms with van der Waals surface area (Å²) in [6.07, 6.45) is 0. The predicted molar refractivity (Wildman–Crippen MR) is 64.2 cm³/mol. The van der Waals surface area contributed by atoms with Crippen LogP contribution < -0.4 is 10.1 Å². The maximum Gasteiger partial charge on any atom is 0.119 e. The molecule has 0 fully saturated rings. The highest BCUT2D eigenvalue weighted by molar-refractivity contribution is 5.30. The van der Waals surface area contributed by atoms with Crippen LogP contribution in [0.5, 0.6) is 5.75 Å². The summed E-state index contributed by atoms with van der Waals surface area (Å²) in [5.74, 6) is 0.900. The van der Waals surface area contributed by atoms with E-state index in [1.807, 2.05) is 19.1 Å². The van der Waals surface area contributed by atoms with Crippen molar-refractivity contribution in [2.24, 2.45) is 0 Å². The van der Waals surface area contributed by atoms with Crippen LogP contribution in [0.25, 0.3) is 0 Å². The van der Waals surface area contributed by atoms with Crippen molar-refractivity contribution in [1.82, 2.24) is 5.32 Å². The van der Waals surface area contributed by atoms with E-state index >= 15 is 0 Å². The summed E-state index contributed by atoms with van der Waals surface area (Å²) >= 11 is 0. The summed E-state index contributed by atoms with van der Waals surface area (Å²) in [7, 11) is 1.69. The van der Waals surface area contributed by atoms with Crippen molar-refractivity contribution >= 4 is 0 Å². The Balaban J connectivity index is 2.64. The third-order valence-corrected chi connectivity index (χ3v) is 2.30. The molecule has 1 aromatic carbocycles. The molecule has 0 aliphatic rings. The standard InChI is InChI=1S/C13H19NO/c1-10(2)9-14-11(3)12-6-5-7-13(8-12)15-4/h5-8,11,14H,1,9H2,2-4H3/t11-/m1/s1. The van der Waals surface area contributed by atoms with Crippen LogP contribution in [0.4, 0.5) is 0 Å². The van der Waals surface area contributed by atoms with E-state index < -0.39 is 0 Å². The molecular weight excluding hydrogens is 186 g/mol. The summed E-state index contributed by atoms with van der Waals surface area (Å²) in [5, 5.41) is 3.39. The van der Waals surface area contributed by atoms with Gasteiger partial charge in [-0.3, -0.25) is 0 Å². The first-order valence-electron chi connectivity index (χ1n) is 5.15. The molecule has 0 saturated carbocycles. The minimum absolute atomic E-state index is 0.316. The second-order valence-corrected chi connectivity index (χ2v) is 3.84. The summed E-state index contributed by atoms with van der Waals surface area (Å²) in [6.45, 7) is 8.87. The molecule has 1 aromatic rings. The maximum absolute atomic E-state index is 5.19. The van der Waals surface area contributed by atoms with Gasteiger partial charge in [-0.15, -0.1) is 0 Å². The van der Waals surface area contributed by atoms with Crippen LogP contribution in [-0.4, -0.2) is 13.7 Å². The van der Waals surface area contributed by atoms with Gasteiger partial charge in [0.15, 0.2) is 0 Å². The zero-order valence-corrected chi connectivity index (χ0v) is 9.71. The van der Waals surface area contributed by atoms with Gasteiger partial charge in [0, 0.05) is 12.6 Å². The predicted octanol–water partition coefficient (Wildman–Crippen LogP) is 2.92. The lowest BCUT2D eigenvalue weighted by Gasteiger charge is -2.14. The zero-order valence-electron chi connectivity index (χ0n) is 9.71. The topological polar surface area (TPSA) is 21.3 Å². The van der Waals surface area contributed by atoms with Crippen molar-refractivity contribution in [2.75, 3.05) is 13.7 Å². The number of ether oxygens (including phenoxy) is 1. The van der Waals surface area contributed by atoms with Gasteiger partial charge in [0.1, 0.15) is 5.75 Å². The van der Waals surface area contributed by atoms with Crippen molar-refractivity contribution in [3.63, 3.8) is 0 Å². The highest BCUT2D eigenvalue weighted by atomic mass is 16.5. The molecule has 0 aromatic heterocycles. The minimum Gasteiger partial charge on any atom is -0.497 e. The first-order valence-corrected chi connectivity index (χ1v) is 5.15. The Kier molecular flexibility index (Phi) is 4.37. The molecule has 0 heterocycles. The van der Waals surface area contributed by atoms with Crippen LogP contribution in [0.3, 0.4) is 0 Å². The average molecular weight is 205 g/mol. The fourth-order valence-corrected chi connectivity index (χ4v) is 1.36. The van der Waals surface area contributed by atoms with Gasteiger partial charge < -0.3 is 10.1 Å². The van der Waals surface area contributed by atoms with Crippen LogP contribution >= 0.6 is 0 Å². The number of methoxy groups -OCH3 is 1. The van der Waals surface area contributed by atoms with Crippen LogP contribution in [0.2, 0.25) is 0 Å². The molecular formula is C13H19NO. The molecule has 2 heteroatoms. The molecule has 0 spiro atoms. The van der Waals surface area contributed by atoms with Crippen LogP contribution in [0.1, 0.15) is 25.5 Å². The molecule has 0 unspecified atom stereocenters. The van der Waals surface area contributed by atoms with Crippen molar-refractivity contribution in [1.29, 1.82) is 0 Å². The second kappa shape index (κ2) is 5.56. The molecule has 0 saturated heterocycles. The number of nitrogens with one attached hydrogen (secondary N) is 1. The van der Waals surface area contributed by atoms with Crippen molar-refractivity contribution in [3.05, 3.63) is 42.0 Å². The third kappa shape index (κ3) is 3.76. The fraction of sp³-hybridized carbons (Fsp3) is 0.385. The summed E-state index contributed by atoms with van der Waals surface area (Å²) in [5.41, 5.74) is 2.38. The molecule has 0 amide bonds. The quantitative estimate of drug-likeness (QED) is 0.746. The Morgan fingerprint density at radius 1 is 1.53 bits per heavy atom. The van der Waals surface area contributed by atoms with E-state index in [1.165, 1.54) is 5.56 Å². The second-order valence-electron chi connectivity index (χ2n) is 3.84. The van der Waals surface area contributed by atoms with Crippen molar-refractivity contribution in [2.45, 2.75) is 19.9 Å². The Morgan fingerprint density at radius 3 is 2.87 bits per heavy atom. The van der Waals surface area contributed by atoms with Crippen molar-refractivity contribution in [3.8, 4) is 5.75 Å². The summed E-state index contributed by atoms with van der Waals surface area (Å²) in [4.78, 5) is 0. The molecule has 0 aliphatic heterocycles. The molecule has 0 aliphatic carbocycles. The number of rotatable bonds is 5. The molecule has 82 valence electrons. The normalized spacial score (nSPS) is 12.2. The lowest BCUT2D eigenvalue weighted by molar-refractivity contribution is 0.413. The Labute approximate surface area is 92.0 Å². The minimum atomic E-state index is 0.316. The zero-order chi connectivity index (χ0) is 11.3. The first-order chi connectivity index (χ1) is 7.13. The van der Waals surface area contributed by atoms with Gasteiger partial charge in [0.05, 0.1) is 7.11 Å². The smallest absolute Gasteiger partial charge is 0.119 e. The molecule has 0 bridgehead atoms. The number of hydrogen-bond acceptors (Lipinski definition) is 2. The van der Waals surface area contributed by atoms with Gasteiger partial charge in [-0.1, -0.05) is 24.3 Å². The number of hydrogen-bond donors (Lipinski definition) is 1. The van der Waals surface area contributed by atoms with Crippen LogP contribution in [-0.2, 0) is 0 Å². The highest BCUT2D eigenvalue weighted by Gasteiger charge is 2.04. The van der Waals surface area contributed by atoms with Gasteiger partial charge in [0.25, 0.3) is 0 Å². The van der Waals surface area contributed by atoms with E-state index in [4.69, 9.17) is 4.74 Å². The lowest BCUT2D eigenvalue weighted by Crippen LogP contribution is -2.20. The largest absolute Gasteiger partial charge is 0.497 e. The lowest BCUT2D eigenvalue weighted by atomic mass is 10.1. The molecule has 1 rings (SSSR count). The van der Waals surface area contributed by atoms with E-state index in [0.717, 1.165) is 17.9 Å².